The molecule has 2 aliphatic carbocycles. The number of hydrogen-bond acceptors (Lipinski definition) is 2. The summed E-state index contributed by atoms with van der Waals surface area (Å²) >= 11 is 0. The Labute approximate surface area is 124 Å². The number of carbonyl (C=O) groups is 1. The number of nitrogens with one attached hydrogen (secondary N) is 1. The minimum atomic E-state index is -0.0475. The van der Waals surface area contributed by atoms with E-state index in [1.54, 1.807) is 0 Å². The van der Waals surface area contributed by atoms with E-state index in [0.29, 0.717) is 18.9 Å². The first-order valence-corrected chi connectivity index (χ1v) is 8.00. The first kappa shape index (κ1) is 12.9. The molecule has 4 rings (SSSR count). The fourth-order valence-corrected chi connectivity index (χ4v) is 4.44. The van der Waals surface area contributed by atoms with Gasteiger partial charge in [0.05, 0.1) is 13.0 Å². The molecule has 1 fully saturated rings. The van der Waals surface area contributed by atoms with Gasteiger partial charge in [-0.2, -0.15) is 0 Å². The van der Waals surface area contributed by atoms with Crippen LogP contribution in [0.4, 0.5) is 0 Å². The summed E-state index contributed by atoms with van der Waals surface area (Å²) in [6.07, 6.45) is 5.22. The van der Waals surface area contributed by atoms with Gasteiger partial charge in [-0.15, -0.1) is 0 Å². The van der Waals surface area contributed by atoms with Crippen molar-refractivity contribution in [3.05, 3.63) is 35.5 Å². The molecule has 1 saturated carbocycles. The number of ether oxygens (including phenoxy) is 1. The fraction of sp³-hybridized carbons (Fsp3) is 0.500. The average molecular weight is 283 g/mol. The molecular weight excluding hydrogens is 262 g/mol. The molecule has 0 amide bonds. The van der Waals surface area contributed by atoms with E-state index in [9.17, 15) is 4.79 Å². The van der Waals surface area contributed by atoms with Crippen molar-refractivity contribution in [2.45, 2.75) is 44.4 Å². The van der Waals surface area contributed by atoms with Crippen molar-refractivity contribution < 1.29 is 9.53 Å². The van der Waals surface area contributed by atoms with Crippen LogP contribution in [0.1, 0.15) is 43.9 Å². The molecule has 1 heterocycles. The standard InChI is InChI=1S/C18H21NO2/c1-2-21-16(20)11-18-10-9-12(18)7-8-14-13-5-3-4-6-15(13)19-17(14)18/h3-6,12,19H,2,7-11H2,1H3/t12-,18-/m1/s1. The van der Waals surface area contributed by atoms with E-state index >= 15 is 0 Å². The van der Waals surface area contributed by atoms with E-state index in [1.807, 2.05) is 6.92 Å². The maximum absolute atomic E-state index is 12.1. The Morgan fingerprint density at radius 3 is 3.00 bits per heavy atom. The maximum atomic E-state index is 12.1. The number of aromatic nitrogens is 1. The third-order valence-electron chi connectivity index (χ3n) is 5.54. The lowest BCUT2D eigenvalue weighted by Gasteiger charge is -2.52. The minimum absolute atomic E-state index is 0.0128. The molecule has 2 atom stereocenters. The van der Waals surface area contributed by atoms with E-state index in [4.69, 9.17) is 4.74 Å². The summed E-state index contributed by atoms with van der Waals surface area (Å²) < 4.78 is 5.23. The summed E-state index contributed by atoms with van der Waals surface area (Å²) in [7, 11) is 0. The van der Waals surface area contributed by atoms with Gasteiger partial charge in [0.25, 0.3) is 0 Å². The zero-order chi connectivity index (χ0) is 14.4. The average Bonchev–Trinajstić information content (AvgIpc) is 2.83. The first-order valence-electron chi connectivity index (χ1n) is 8.00. The highest BCUT2D eigenvalue weighted by molar-refractivity contribution is 5.86. The topological polar surface area (TPSA) is 42.1 Å². The van der Waals surface area contributed by atoms with Crippen molar-refractivity contribution in [3.8, 4) is 0 Å². The van der Waals surface area contributed by atoms with Gasteiger partial charge < -0.3 is 9.72 Å². The van der Waals surface area contributed by atoms with Gasteiger partial charge in [-0.3, -0.25) is 4.79 Å². The van der Waals surface area contributed by atoms with Crippen molar-refractivity contribution in [2.24, 2.45) is 5.92 Å². The molecule has 1 N–H and O–H groups in total. The molecule has 21 heavy (non-hydrogen) atoms. The van der Waals surface area contributed by atoms with Crippen LogP contribution in [0.15, 0.2) is 24.3 Å². The summed E-state index contributed by atoms with van der Waals surface area (Å²) in [6, 6.07) is 8.50. The number of H-pyrrole nitrogens is 1. The summed E-state index contributed by atoms with van der Waals surface area (Å²) in [5.41, 5.74) is 3.97. The van der Waals surface area contributed by atoms with E-state index in [0.717, 1.165) is 12.8 Å². The smallest absolute Gasteiger partial charge is 0.306 e. The van der Waals surface area contributed by atoms with Gasteiger partial charge in [0.15, 0.2) is 0 Å². The lowest BCUT2D eigenvalue weighted by Crippen LogP contribution is -2.49. The fourth-order valence-electron chi connectivity index (χ4n) is 4.44. The van der Waals surface area contributed by atoms with Crippen LogP contribution in [0.3, 0.4) is 0 Å². The highest BCUT2D eigenvalue weighted by Gasteiger charge is 2.53. The molecule has 2 aromatic rings. The van der Waals surface area contributed by atoms with Crippen LogP contribution in [0.25, 0.3) is 10.9 Å². The molecule has 1 aromatic heterocycles. The van der Waals surface area contributed by atoms with Crippen LogP contribution in [0, 0.1) is 5.92 Å². The molecular formula is C18H21NO2. The van der Waals surface area contributed by atoms with Crippen molar-refractivity contribution in [1.82, 2.24) is 4.98 Å². The molecule has 110 valence electrons. The van der Waals surface area contributed by atoms with Gasteiger partial charge in [-0.05, 0) is 50.2 Å². The van der Waals surface area contributed by atoms with Gasteiger partial charge in [-0.25, -0.2) is 0 Å². The zero-order valence-electron chi connectivity index (χ0n) is 12.4. The Morgan fingerprint density at radius 2 is 2.24 bits per heavy atom. The van der Waals surface area contributed by atoms with Crippen LogP contribution in [0.2, 0.25) is 0 Å². The lowest BCUT2D eigenvalue weighted by molar-refractivity contribution is -0.147. The predicted molar refractivity (Wildman–Crippen MR) is 82.3 cm³/mol. The van der Waals surface area contributed by atoms with Gasteiger partial charge in [-0.1, -0.05) is 18.2 Å². The van der Waals surface area contributed by atoms with Gasteiger partial charge in [0, 0.05) is 22.0 Å². The Balaban J connectivity index is 1.80. The number of aryl methyl sites for hydroxylation is 1. The van der Waals surface area contributed by atoms with Gasteiger partial charge in [0.1, 0.15) is 0 Å². The second-order valence-corrected chi connectivity index (χ2v) is 6.44. The molecule has 0 saturated heterocycles. The van der Waals surface area contributed by atoms with Crippen LogP contribution >= 0.6 is 0 Å². The Bertz CT molecular complexity index is 702. The summed E-state index contributed by atoms with van der Waals surface area (Å²) in [4.78, 5) is 15.7. The number of esters is 1. The van der Waals surface area contributed by atoms with Crippen molar-refractivity contribution in [3.63, 3.8) is 0 Å². The van der Waals surface area contributed by atoms with E-state index in [2.05, 4.69) is 29.2 Å². The SMILES string of the molecule is CCOC(=O)C[C@]12CC[C@H]1CCc1c2[nH]c2ccccc12. The van der Waals surface area contributed by atoms with E-state index in [-0.39, 0.29) is 11.4 Å². The van der Waals surface area contributed by atoms with Crippen LogP contribution in [-0.4, -0.2) is 17.6 Å². The summed E-state index contributed by atoms with van der Waals surface area (Å²) in [5, 5.41) is 1.33. The quantitative estimate of drug-likeness (QED) is 0.872. The van der Waals surface area contributed by atoms with Crippen LogP contribution in [-0.2, 0) is 21.4 Å². The van der Waals surface area contributed by atoms with Crippen LogP contribution < -0.4 is 0 Å². The monoisotopic (exact) mass is 283 g/mol. The Morgan fingerprint density at radius 1 is 1.38 bits per heavy atom. The molecule has 2 aliphatic rings. The molecule has 0 spiro atoms. The number of carbonyl (C=O) groups excluding carboxylic acids is 1. The number of fused-ring (bicyclic) bond motifs is 5. The Hall–Kier alpha value is -1.77. The number of rotatable bonds is 3. The van der Waals surface area contributed by atoms with Gasteiger partial charge >= 0.3 is 5.97 Å². The van der Waals surface area contributed by atoms with Crippen molar-refractivity contribution in [2.75, 3.05) is 6.61 Å². The largest absolute Gasteiger partial charge is 0.466 e. The second kappa shape index (κ2) is 4.62. The number of benzene rings is 1. The minimum Gasteiger partial charge on any atom is -0.466 e. The highest BCUT2D eigenvalue weighted by Crippen LogP contribution is 2.57. The molecule has 3 heteroatoms. The molecule has 0 aliphatic heterocycles. The number of aromatic amines is 1. The van der Waals surface area contributed by atoms with Crippen LogP contribution in [0.5, 0.6) is 0 Å². The molecule has 0 unspecified atom stereocenters. The normalized spacial score (nSPS) is 26.8. The molecule has 1 aromatic carbocycles. The summed E-state index contributed by atoms with van der Waals surface area (Å²) in [5.74, 6) is 0.594. The van der Waals surface area contributed by atoms with E-state index < -0.39 is 0 Å². The maximum Gasteiger partial charge on any atom is 0.306 e. The lowest BCUT2D eigenvalue weighted by atomic mass is 9.52. The number of hydrogen-bond donors (Lipinski definition) is 1. The van der Waals surface area contributed by atoms with Crippen molar-refractivity contribution >= 4 is 16.9 Å². The second-order valence-electron chi connectivity index (χ2n) is 6.44. The first-order chi connectivity index (χ1) is 10.2. The third kappa shape index (κ3) is 1.76. The van der Waals surface area contributed by atoms with Gasteiger partial charge in [0.2, 0.25) is 0 Å². The number of para-hydroxylation sites is 1. The molecule has 0 bridgehead atoms. The summed E-state index contributed by atoms with van der Waals surface area (Å²) in [6.45, 7) is 2.35. The molecule has 3 nitrogen and oxygen atoms in total. The zero-order valence-corrected chi connectivity index (χ0v) is 12.4. The predicted octanol–water partition coefficient (Wildman–Crippen LogP) is 3.72. The van der Waals surface area contributed by atoms with Crippen molar-refractivity contribution in [1.29, 1.82) is 0 Å². The Kier molecular flexibility index (Phi) is 2.84. The third-order valence-corrected chi connectivity index (χ3v) is 5.54. The molecule has 0 radical (unpaired) electrons. The van der Waals surface area contributed by atoms with E-state index in [1.165, 1.54) is 35.0 Å². The highest BCUT2D eigenvalue weighted by atomic mass is 16.5.